The molecule has 3 heteroatoms. The van der Waals surface area contributed by atoms with Gasteiger partial charge in [0.1, 0.15) is 22.3 Å². The molecule has 0 spiro atoms. The molecule has 0 bridgehead atoms. The molecule has 0 saturated carbocycles. The number of benzene rings is 10. The van der Waals surface area contributed by atoms with Crippen molar-refractivity contribution in [2.45, 2.75) is 0 Å². The first kappa shape index (κ1) is 34.9. The Bertz CT molecular complexity index is 3560. The SMILES string of the molecule is c1ccc(-c2ccc(-c3ccc(N(c4ccc(-c5cccc6c5oc5ccccc56)cc4)c4cccc(-c5cccc6oc7c8ccccc8ccc7c56)c4)cc3)cc2)cc1. The molecule has 12 rings (SSSR count). The van der Waals surface area contributed by atoms with E-state index in [4.69, 9.17) is 8.83 Å². The highest BCUT2D eigenvalue weighted by atomic mass is 16.3. The molecule has 0 radical (unpaired) electrons. The van der Waals surface area contributed by atoms with Crippen molar-refractivity contribution < 1.29 is 8.83 Å². The fraction of sp³-hybridized carbons (Fsp3) is 0. The van der Waals surface area contributed by atoms with Gasteiger partial charge in [-0.2, -0.15) is 0 Å². The van der Waals surface area contributed by atoms with Crippen LogP contribution in [0, 0.1) is 0 Å². The molecule has 0 aliphatic heterocycles. The molecule has 2 aromatic heterocycles. The second-order valence-corrected chi connectivity index (χ2v) is 15.6. The third kappa shape index (κ3) is 5.98. The summed E-state index contributed by atoms with van der Waals surface area (Å²) in [6.07, 6.45) is 0. The van der Waals surface area contributed by atoms with Crippen molar-refractivity contribution in [1.29, 1.82) is 0 Å². The molecule has 0 aliphatic rings. The summed E-state index contributed by atoms with van der Waals surface area (Å²) < 4.78 is 13.0. The topological polar surface area (TPSA) is 29.5 Å². The van der Waals surface area contributed by atoms with E-state index in [0.29, 0.717) is 0 Å². The number of fused-ring (bicyclic) bond motifs is 8. The minimum Gasteiger partial charge on any atom is -0.455 e. The Kier molecular flexibility index (Phi) is 8.17. The first-order valence-corrected chi connectivity index (χ1v) is 20.7. The zero-order valence-electron chi connectivity index (χ0n) is 33.1. The lowest BCUT2D eigenvalue weighted by Crippen LogP contribution is -2.10. The number of anilines is 3. The van der Waals surface area contributed by atoms with Crippen molar-refractivity contribution in [3.8, 4) is 44.5 Å². The van der Waals surface area contributed by atoms with Crippen LogP contribution in [0.25, 0.3) is 99.2 Å². The van der Waals surface area contributed by atoms with Gasteiger partial charge in [0, 0.05) is 49.6 Å². The molecule has 286 valence electrons. The summed E-state index contributed by atoms with van der Waals surface area (Å²) in [5.74, 6) is 0. The molecule has 61 heavy (non-hydrogen) atoms. The predicted molar refractivity (Wildman–Crippen MR) is 255 cm³/mol. The van der Waals surface area contributed by atoms with E-state index in [2.05, 4.69) is 217 Å². The van der Waals surface area contributed by atoms with Gasteiger partial charge in [0.15, 0.2) is 0 Å². The maximum atomic E-state index is 6.60. The average Bonchev–Trinajstić information content (AvgIpc) is 3.92. The lowest BCUT2D eigenvalue weighted by Gasteiger charge is -2.26. The van der Waals surface area contributed by atoms with Crippen LogP contribution in [0.5, 0.6) is 0 Å². The second kappa shape index (κ2) is 14.3. The summed E-state index contributed by atoms with van der Waals surface area (Å²) in [4.78, 5) is 2.35. The van der Waals surface area contributed by atoms with E-state index in [-0.39, 0.29) is 0 Å². The van der Waals surface area contributed by atoms with Gasteiger partial charge in [0.25, 0.3) is 0 Å². The smallest absolute Gasteiger partial charge is 0.143 e. The minimum absolute atomic E-state index is 0.883. The van der Waals surface area contributed by atoms with E-state index < -0.39 is 0 Å². The first-order chi connectivity index (χ1) is 30.2. The van der Waals surface area contributed by atoms with Crippen LogP contribution in [0.2, 0.25) is 0 Å². The fourth-order valence-corrected chi connectivity index (χ4v) is 9.11. The molecule has 0 N–H and O–H groups in total. The highest BCUT2D eigenvalue weighted by molar-refractivity contribution is 6.19. The van der Waals surface area contributed by atoms with Crippen LogP contribution in [-0.4, -0.2) is 0 Å². The van der Waals surface area contributed by atoms with E-state index in [9.17, 15) is 0 Å². The Morgan fingerprint density at radius 1 is 0.279 bits per heavy atom. The Labute approximate surface area is 353 Å². The van der Waals surface area contributed by atoms with Gasteiger partial charge in [-0.1, -0.05) is 170 Å². The highest BCUT2D eigenvalue weighted by Crippen LogP contribution is 2.43. The molecule has 10 aromatic carbocycles. The number of hydrogen-bond donors (Lipinski definition) is 0. The van der Waals surface area contributed by atoms with Gasteiger partial charge in [-0.3, -0.25) is 0 Å². The van der Waals surface area contributed by atoms with Crippen molar-refractivity contribution in [2.75, 3.05) is 4.90 Å². The number of furan rings is 2. The molecule has 12 aromatic rings. The summed E-state index contributed by atoms with van der Waals surface area (Å²) in [5.41, 5.74) is 16.0. The van der Waals surface area contributed by atoms with Gasteiger partial charge in [0.2, 0.25) is 0 Å². The van der Waals surface area contributed by atoms with Crippen molar-refractivity contribution in [3.05, 3.63) is 224 Å². The zero-order chi connectivity index (χ0) is 40.3. The van der Waals surface area contributed by atoms with Crippen LogP contribution >= 0.6 is 0 Å². The van der Waals surface area contributed by atoms with E-state index >= 15 is 0 Å². The maximum Gasteiger partial charge on any atom is 0.143 e. The average molecular weight is 780 g/mol. The lowest BCUT2D eigenvalue weighted by atomic mass is 9.97. The van der Waals surface area contributed by atoms with Crippen molar-refractivity contribution in [2.24, 2.45) is 0 Å². The summed E-state index contributed by atoms with van der Waals surface area (Å²) >= 11 is 0. The summed E-state index contributed by atoms with van der Waals surface area (Å²) in [5, 5.41) is 6.79. The monoisotopic (exact) mass is 779 g/mol. The molecule has 0 unspecified atom stereocenters. The van der Waals surface area contributed by atoms with Crippen LogP contribution in [0.15, 0.2) is 233 Å². The third-order valence-corrected chi connectivity index (χ3v) is 12.1. The molecule has 0 aliphatic carbocycles. The van der Waals surface area contributed by atoms with Gasteiger partial charge in [-0.15, -0.1) is 0 Å². The van der Waals surface area contributed by atoms with Gasteiger partial charge in [-0.05, 0) is 98.9 Å². The fourth-order valence-electron chi connectivity index (χ4n) is 9.11. The molecule has 0 amide bonds. The minimum atomic E-state index is 0.883. The van der Waals surface area contributed by atoms with Crippen molar-refractivity contribution >= 4 is 71.7 Å². The normalized spacial score (nSPS) is 11.6. The third-order valence-electron chi connectivity index (χ3n) is 12.1. The molecule has 0 fully saturated rings. The van der Waals surface area contributed by atoms with Crippen LogP contribution in [0.4, 0.5) is 17.1 Å². The molecule has 2 heterocycles. The van der Waals surface area contributed by atoms with Crippen LogP contribution in [-0.2, 0) is 0 Å². The summed E-state index contributed by atoms with van der Waals surface area (Å²) in [6.45, 7) is 0. The van der Waals surface area contributed by atoms with Crippen molar-refractivity contribution in [1.82, 2.24) is 0 Å². The molecule has 0 atom stereocenters. The molecule has 3 nitrogen and oxygen atoms in total. The summed E-state index contributed by atoms with van der Waals surface area (Å²) in [6, 6.07) is 79.9. The van der Waals surface area contributed by atoms with Crippen LogP contribution < -0.4 is 4.90 Å². The number of para-hydroxylation sites is 2. The van der Waals surface area contributed by atoms with Gasteiger partial charge in [-0.25, -0.2) is 0 Å². The van der Waals surface area contributed by atoms with Gasteiger partial charge in [0.05, 0.1) is 0 Å². The molecule has 0 saturated heterocycles. The van der Waals surface area contributed by atoms with Crippen LogP contribution in [0.1, 0.15) is 0 Å². The Morgan fingerprint density at radius 2 is 0.820 bits per heavy atom. The van der Waals surface area contributed by atoms with E-state index in [1.165, 1.54) is 22.1 Å². The second-order valence-electron chi connectivity index (χ2n) is 15.6. The highest BCUT2D eigenvalue weighted by Gasteiger charge is 2.19. The van der Waals surface area contributed by atoms with Crippen molar-refractivity contribution in [3.63, 3.8) is 0 Å². The standard InChI is InChI=1S/C58H37NO2/c1-2-11-38(12-3-1)39-23-25-40(26-24-39)41-27-32-45(33-28-41)59(46-34-29-43(30-35-46)50-19-9-20-52-51-17-6-7-21-54(51)60-57(50)52)47-15-8-14-44(37-47)48-18-10-22-55-56(48)53-36-31-42-13-4-5-16-49(42)58(53)61-55/h1-37H. The van der Waals surface area contributed by atoms with Crippen LogP contribution in [0.3, 0.4) is 0 Å². The quantitative estimate of drug-likeness (QED) is 0.161. The first-order valence-electron chi connectivity index (χ1n) is 20.7. The number of rotatable bonds is 7. The van der Waals surface area contributed by atoms with E-state index in [1.807, 2.05) is 12.1 Å². The Balaban J connectivity index is 0.965. The van der Waals surface area contributed by atoms with Gasteiger partial charge >= 0.3 is 0 Å². The lowest BCUT2D eigenvalue weighted by molar-refractivity contribution is 0.670. The maximum absolute atomic E-state index is 6.60. The molecular weight excluding hydrogens is 743 g/mol. The largest absolute Gasteiger partial charge is 0.455 e. The number of nitrogens with zero attached hydrogens (tertiary/aromatic N) is 1. The number of hydrogen-bond acceptors (Lipinski definition) is 3. The van der Waals surface area contributed by atoms with Gasteiger partial charge < -0.3 is 13.7 Å². The predicted octanol–water partition coefficient (Wildman–Crippen LogP) is 16.8. The van der Waals surface area contributed by atoms with E-state index in [0.717, 1.165) is 94.1 Å². The Morgan fingerprint density at radius 3 is 1.59 bits per heavy atom. The summed E-state index contributed by atoms with van der Waals surface area (Å²) in [7, 11) is 0. The molecular formula is C58H37NO2. The Hall–Kier alpha value is -8.14. The van der Waals surface area contributed by atoms with E-state index in [1.54, 1.807) is 0 Å². The zero-order valence-corrected chi connectivity index (χ0v) is 33.1.